The summed E-state index contributed by atoms with van der Waals surface area (Å²) in [5.41, 5.74) is 4.15. The number of halogens is 4. The lowest BCUT2D eigenvalue weighted by molar-refractivity contribution is -0.192. The number of nitrogens with one attached hydrogen (secondary N) is 1. The maximum Gasteiger partial charge on any atom is 0.490 e. The van der Waals surface area contributed by atoms with E-state index in [1.54, 1.807) is 0 Å². The first-order valence-electron chi connectivity index (χ1n) is 6.18. The fourth-order valence-electron chi connectivity index (χ4n) is 1.73. The van der Waals surface area contributed by atoms with Crippen LogP contribution in [0.4, 0.5) is 13.2 Å². The van der Waals surface area contributed by atoms with Gasteiger partial charge in [0.15, 0.2) is 0 Å². The predicted molar refractivity (Wildman–Crippen MR) is 78.0 cm³/mol. The van der Waals surface area contributed by atoms with E-state index in [1.807, 2.05) is 0 Å². The van der Waals surface area contributed by atoms with Crippen molar-refractivity contribution in [3.8, 4) is 0 Å². The summed E-state index contributed by atoms with van der Waals surface area (Å²) in [7, 11) is 0. The summed E-state index contributed by atoms with van der Waals surface area (Å²) in [6, 6.07) is 6.57. The van der Waals surface area contributed by atoms with Crippen molar-refractivity contribution in [3.05, 3.63) is 39.9 Å². The number of aliphatic carboxylic acids is 1. The van der Waals surface area contributed by atoms with Gasteiger partial charge >= 0.3 is 12.1 Å². The van der Waals surface area contributed by atoms with Crippen molar-refractivity contribution < 1.29 is 23.1 Å². The van der Waals surface area contributed by atoms with Crippen LogP contribution in [0.5, 0.6) is 0 Å². The van der Waals surface area contributed by atoms with Gasteiger partial charge in [-0.1, -0.05) is 34.1 Å². The Morgan fingerprint density at radius 3 is 2.43 bits per heavy atom. The number of carboxylic acid groups (broad SMARTS) is 1. The predicted octanol–water partition coefficient (Wildman–Crippen LogP) is 3.77. The van der Waals surface area contributed by atoms with Crippen molar-refractivity contribution in [3.63, 3.8) is 0 Å². The van der Waals surface area contributed by atoms with E-state index in [4.69, 9.17) is 9.90 Å². The lowest BCUT2D eigenvalue weighted by Crippen LogP contribution is -2.21. The van der Waals surface area contributed by atoms with Crippen molar-refractivity contribution in [2.45, 2.75) is 19.5 Å². The molecule has 0 saturated heterocycles. The van der Waals surface area contributed by atoms with Crippen LogP contribution in [0.2, 0.25) is 0 Å². The number of aryl methyl sites for hydroxylation is 1. The summed E-state index contributed by atoms with van der Waals surface area (Å²) in [4.78, 5) is 8.90. The normalized spacial score (nSPS) is 14.8. The molecule has 1 aliphatic rings. The van der Waals surface area contributed by atoms with Crippen LogP contribution in [-0.4, -0.2) is 30.3 Å². The topological polar surface area (TPSA) is 49.3 Å². The van der Waals surface area contributed by atoms with Crippen LogP contribution in [0.25, 0.3) is 5.57 Å². The molecule has 1 aliphatic heterocycles. The maximum absolute atomic E-state index is 10.6. The average Bonchev–Trinajstić information content (AvgIpc) is 2.42. The molecule has 0 amide bonds. The summed E-state index contributed by atoms with van der Waals surface area (Å²) in [6.07, 6.45) is -1.66. The molecule has 2 rings (SSSR count). The van der Waals surface area contributed by atoms with Crippen molar-refractivity contribution in [1.29, 1.82) is 0 Å². The molecule has 1 heterocycles. The third-order valence-electron chi connectivity index (χ3n) is 2.84. The zero-order valence-electron chi connectivity index (χ0n) is 11.3. The van der Waals surface area contributed by atoms with Gasteiger partial charge in [0, 0.05) is 11.0 Å². The van der Waals surface area contributed by atoms with Crippen LogP contribution in [0.1, 0.15) is 17.5 Å². The highest BCUT2D eigenvalue weighted by molar-refractivity contribution is 9.10. The molecule has 0 aromatic heterocycles. The van der Waals surface area contributed by atoms with Crippen LogP contribution in [-0.2, 0) is 4.79 Å². The minimum Gasteiger partial charge on any atom is -0.475 e. The first-order chi connectivity index (χ1) is 9.71. The van der Waals surface area contributed by atoms with Gasteiger partial charge in [-0.2, -0.15) is 13.2 Å². The minimum atomic E-state index is -5.08. The average molecular weight is 366 g/mol. The van der Waals surface area contributed by atoms with Gasteiger partial charge in [-0.3, -0.25) is 0 Å². The molecule has 0 atom stereocenters. The van der Waals surface area contributed by atoms with Gasteiger partial charge < -0.3 is 10.4 Å². The molecule has 0 unspecified atom stereocenters. The van der Waals surface area contributed by atoms with E-state index in [2.05, 4.69) is 52.4 Å². The highest BCUT2D eigenvalue weighted by atomic mass is 79.9. The molecule has 0 spiro atoms. The van der Waals surface area contributed by atoms with E-state index >= 15 is 0 Å². The monoisotopic (exact) mass is 365 g/mol. The lowest BCUT2D eigenvalue weighted by Gasteiger charge is -2.14. The molecule has 3 nitrogen and oxygen atoms in total. The number of rotatable bonds is 1. The smallest absolute Gasteiger partial charge is 0.475 e. The van der Waals surface area contributed by atoms with Gasteiger partial charge in [0.25, 0.3) is 0 Å². The van der Waals surface area contributed by atoms with Gasteiger partial charge in [0.05, 0.1) is 0 Å². The summed E-state index contributed by atoms with van der Waals surface area (Å²) in [5.74, 6) is -2.76. The van der Waals surface area contributed by atoms with Crippen molar-refractivity contribution in [1.82, 2.24) is 5.32 Å². The Labute approximate surface area is 129 Å². The first-order valence-corrected chi connectivity index (χ1v) is 6.97. The lowest BCUT2D eigenvalue weighted by atomic mass is 9.99. The van der Waals surface area contributed by atoms with Crippen LogP contribution in [0.3, 0.4) is 0 Å². The third-order valence-corrected chi connectivity index (χ3v) is 3.72. The van der Waals surface area contributed by atoms with Gasteiger partial charge in [-0.25, -0.2) is 4.79 Å². The van der Waals surface area contributed by atoms with Crippen molar-refractivity contribution >= 4 is 27.5 Å². The largest absolute Gasteiger partial charge is 0.490 e. The molecule has 2 N–H and O–H groups in total. The number of carboxylic acids is 1. The molecule has 0 fully saturated rings. The second-order valence-electron chi connectivity index (χ2n) is 4.45. The van der Waals surface area contributed by atoms with E-state index in [0.717, 1.165) is 19.5 Å². The number of alkyl halides is 3. The summed E-state index contributed by atoms with van der Waals surface area (Å²) < 4.78 is 32.9. The standard InChI is InChI=1S/C12H14BrN.C2HF3O2/c1-9-8-11(2-3-12(9)13)10-4-6-14-7-5-10;3-2(4,5)1(6)7/h2-4,8,14H,5-7H2,1H3;(H,6,7). The minimum absolute atomic E-state index is 1.00. The number of hydrogen-bond acceptors (Lipinski definition) is 2. The second kappa shape index (κ2) is 7.61. The van der Waals surface area contributed by atoms with Gasteiger partial charge in [-0.15, -0.1) is 0 Å². The van der Waals surface area contributed by atoms with Gasteiger partial charge in [0.1, 0.15) is 0 Å². The van der Waals surface area contributed by atoms with Gasteiger partial charge in [0.2, 0.25) is 0 Å². The van der Waals surface area contributed by atoms with E-state index in [1.165, 1.54) is 21.2 Å². The summed E-state index contributed by atoms with van der Waals surface area (Å²) in [6.45, 7) is 4.24. The fraction of sp³-hybridized carbons (Fsp3) is 0.357. The SMILES string of the molecule is Cc1cc(C2=CCNCC2)ccc1Br.O=C(O)C(F)(F)F. The number of carbonyl (C=O) groups is 1. The zero-order valence-corrected chi connectivity index (χ0v) is 12.9. The van der Waals surface area contributed by atoms with Crippen molar-refractivity contribution in [2.24, 2.45) is 0 Å². The van der Waals surface area contributed by atoms with E-state index < -0.39 is 12.1 Å². The molecule has 21 heavy (non-hydrogen) atoms. The molecule has 116 valence electrons. The molecular weight excluding hydrogens is 351 g/mol. The maximum atomic E-state index is 10.6. The summed E-state index contributed by atoms with van der Waals surface area (Å²) >= 11 is 3.52. The molecule has 0 bridgehead atoms. The second-order valence-corrected chi connectivity index (χ2v) is 5.30. The summed E-state index contributed by atoms with van der Waals surface area (Å²) in [5, 5.41) is 10.4. The Hall–Kier alpha value is -1.34. The third kappa shape index (κ3) is 5.89. The Bertz CT molecular complexity index is 542. The number of benzene rings is 1. The van der Waals surface area contributed by atoms with Crippen LogP contribution in [0.15, 0.2) is 28.7 Å². The van der Waals surface area contributed by atoms with Gasteiger partial charge in [-0.05, 0) is 42.7 Å². The Balaban J connectivity index is 0.000000270. The Morgan fingerprint density at radius 2 is 2.00 bits per heavy atom. The van der Waals surface area contributed by atoms with Crippen LogP contribution in [0, 0.1) is 6.92 Å². The molecule has 1 aromatic carbocycles. The van der Waals surface area contributed by atoms with E-state index in [-0.39, 0.29) is 0 Å². The van der Waals surface area contributed by atoms with Crippen molar-refractivity contribution in [2.75, 3.05) is 13.1 Å². The zero-order chi connectivity index (χ0) is 16.0. The molecule has 7 heteroatoms. The molecular formula is C14H15BrF3NO2. The Morgan fingerprint density at radius 1 is 1.38 bits per heavy atom. The highest BCUT2D eigenvalue weighted by Gasteiger charge is 2.38. The quantitative estimate of drug-likeness (QED) is 0.796. The molecule has 0 radical (unpaired) electrons. The van der Waals surface area contributed by atoms with Crippen LogP contribution < -0.4 is 5.32 Å². The molecule has 1 aromatic rings. The van der Waals surface area contributed by atoms with Crippen LogP contribution >= 0.6 is 15.9 Å². The molecule has 0 saturated carbocycles. The number of hydrogen-bond donors (Lipinski definition) is 2. The van der Waals surface area contributed by atoms with E-state index in [0.29, 0.717) is 0 Å². The Kier molecular flexibility index (Phi) is 6.42. The van der Waals surface area contributed by atoms with E-state index in [9.17, 15) is 13.2 Å². The highest BCUT2D eigenvalue weighted by Crippen LogP contribution is 2.24. The first kappa shape index (κ1) is 17.7. The fourth-order valence-corrected chi connectivity index (χ4v) is 1.98. The molecule has 0 aliphatic carbocycles.